The van der Waals surface area contributed by atoms with Gasteiger partial charge < -0.3 is 10.1 Å². The van der Waals surface area contributed by atoms with Crippen molar-refractivity contribution in [1.29, 1.82) is 0 Å². The zero-order valence-corrected chi connectivity index (χ0v) is 13.8. The third-order valence-electron chi connectivity index (χ3n) is 3.83. The van der Waals surface area contributed by atoms with Crippen LogP contribution in [-0.2, 0) is 9.53 Å². The largest absolute Gasteiger partial charge is 0.451 e. The molecule has 7 heteroatoms. The number of rotatable bonds is 4. The van der Waals surface area contributed by atoms with Crippen LogP contribution in [0.4, 0.5) is 4.39 Å². The van der Waals surface area contributed by atoms with Crippen LogP contribution in [0.3, 0.4) is 0 Å². The molecule has 0 saturated heterocycles. The summed E-state index contributed by atoms with van der Waals surface area (Å²) in [4.78, 5) is 24.0. The molecule has 1 aliphatic rings. The Kier molecular flexibility index (Phi) is 4.82. The van der Waals surface area contributed by atoms with Crippen LogP contribution in [-0.4, -0.2) is 24.5 Å². The normalized spacial score (nSPS) is 15.0. The van der Waals surface area contributed by atoms with Crippen LogP contribution in [0.5, 0.6) is 0 Å². The van der Waals surface area contributed by atoms with Gasteiger partial charge in [-0.3, -0.25) is 4.79 Å². The lowest BCUT2D eigenvalue weighted by atomic mass is 10.2. The summed E-state index contributed by atoms with van der Waals surface area (Å²) in [6.45, 7) is -0.339. The maximum absolute atomic E-state index is 13.2. The molecule has 1 N–H and O–H groups in total. The van der Waals surface area contributed by atoms with Crippen molar-refractivity contribution in [2.24, 2.45) is 0 Å². The highest BCUT2D eigenvalue weighted by Crippen LogP contribution is 2.36. The summed E-state index contributed by atoms with van der Waals surface area (Å²) in [7, 11) is 0. The number of ether oxygens (including phenoxy) is 1. The van der Waals surface area contributed by atoms with Crippen LogP contribution >= 0.6 is 22.9 Å². The highest BCUT2D eigenvalue weighted by molar-refractivity contribution is 7.21. The molecule has 0 atom stereocenters. The number of carbonyl (C=O) groups is 2. The summed E-state index contributed by atoms with van der Waals surface area (Å²) in [6.07, 6.45) is 4.15. The third kappa shape index (κ3) is 3.64. The quantitative estimate of drug-likeness (QED) is 0.846. The number of nitrogens with one attached hydrogen (secondary N) is 1. The van der Waals surface area contributed by atoms with Crippen LogP contribution < -0.4 is 5.32 Å². The number of esters is 1. The van der Waals surface area contributed by atoms with Crippen molar-refractivity contribution in [3.8, 4) is 0 Å². The Morgan fingerprint density at radius 3 is 2.83 bits per heavy atom. The van der Waals surface area contributed by atoms with Crippen LogP contribution in [0.15, 0.2) is 18.2 Å². The van der Waals surface area contributed by atoms with Gasteiger partial charge in [-0.05, 0) is 31.0 Å². The average Bonchev–Trinajstić information content (AvgIpc) is 3.13. The van der Waals surface area contributed by atoms with E-state index >= 15 is 0 Å². The summed E-state index contributed by atoms with van der Waals surface area (Å²) in [5.41, 5.74) is 0. The van der Waals surface area contributed by atoms with Gasteiger partial charge in [-0.25, -0.2) is 9.18 Å². The Bertz CT molecular complexity index is 755. The van der Waals surface area contributed by atoms with E-state index in [1.54, 1.807) is 0 Å². The first-order chi connectivity index (χ1) is 11.0. The summed E-state index contributed by atoms with van der Waals surface area (Å²) in [6, 6.07) is 4.30. The van der Waals surface area contributed by atoms with Gasteiger partial charge in [0.1, 0.15) is 10.7 Å². The molecule has 0 aliphatic heterocycles. The molecule has 1 aliphatic carbocycles. The van der Waals surface area contributed by atoms with Crippen LogP contribution in [0.2, 0.25) is 5.02 Å². The third-order valence-corrected chi connectivity index (χ3v) is 5.47. The first-order valence-corrected chi connectivity index (χ1v) is 8.58. The average molecular weight is 356 g/mol. The number of hydrogen-bond acceptors (Lipinski definition) is 4. The number of benzene rings is 1. The Hall–Kier alpha value is -1.66. The molecule has 4 nitrogen and oxygen atoms in total. The van der Waals surface area contributed by atoms with E-state index in [0.717, 1.165) is 37.0 Å². The minimum atomic E-state index is -0.668. The molecule has 2 aromatic rings. The summed E-state index contributed by atoms with van der Waals surface area (Å²) in [5.74, 6) is -1.38. The van der Waals surface area contributed by atoms with Crippen molar-refractivity contribution >= 4 is 44.9 Å². The SMILES string of the molecule is O=C(COC(=O)c1sc2cc(F)ccc2c1Cl)NC1CCCC1. The molecule has 0 unspecified atom stereocenters. The fourth-order valence-electron chi connectivity index (χ4n) is 2.71. The Morgan fingerprint density at radius 1 is 1.35 bits per heavy atom. The van der Waals surface area contributed by atoms with E-state index < -0.39 is 11.8 Å². The molecule has 122 valence electrons. The lowest BCUT2D eigenvalue weighted by Crippen LogP contribution is -2.35. The van der Waals surface area contributed by atoms with Crippen LogP contribution in [0.1, 0.15) is 35.4 Å². The number of thiophene rings is 1. The number of carbonyl (C=O) groups excluding carboxylic acids is 2. The molecule has 0 spiro atoms. The van der Waals surface area contributed by atoms with E-state index in [1.807, 2.05) is 0 Å². The number of halogens is 2. The molecule has 1 fully saturated rings. The predicted octanol–water partition coefficient (Wildman–Crippen LogP) is 3.91. The Morgan fingerprint density at radius 2 is 2.09 bits per heavy atom. The minimum absolute atomic E-state index is 0.178. The van der Waals surface area contributed by atoms with Crippen molar-refractivity contribution in [1.82, 2.24) is 5.32 Å². The van der Waals surface area contributed by atoms with E-state index in [4.69, 9.17) is 16.3 Å². The molecule has 1 saturated carbocycles. The van der Waals surface area contributed by atoms with Gasteiger partial charge in [0.2, 0.25) is 0 Å². The van der Waals surface area contributed by atoms with Gasteiger partial charge >= 0.3 is 5.97 Å². The zero-order valence-electron chi connectivity index (χ0n) is 12.2. The van der Waals surface area contributed by atoms with Gasteiger partial charge in [-0.1, -0.05) is 24.4 Å². The molecule has 1 aromatic heterocycles. The second kappa shape index (κ2) is 6.84. The van der Waals surface area contributed by atoms with Gasteiger partial charge in [0.05, 0.1) is 5.02 Å². The zero-order chi connectivity index (χ0) is 16.4. The maximum Gasteiger partial charge on any atom is 0.350 e. The molecule has 3 rings (SSSR count). The number of amides is 1. The monoisotopic (exact) mass is 355 g/mol. The highest BCUT2D eigenvalue weighted by Gasteiger charge is 2.21. The van der Waals surface area contributed by atoms with Crippen molar-refractivity contribution in [3.63, 3.8) is 0 Å². The van der Waals surface area contributed by atoms with Gasteiger partial charge in [0.25, 0.3) is 5.91 Å². The lowest BCUT2D eigenvalue weighted by Gasteiger charge is -2.11. The van der Waals surface area contributed by atoms with Gasteiger partial charge in [-0.15, -0.1) is 11.3 Å². The fourth-order valence-corrected chi connectivity index (χ4v) is 4.13. The summed E-state index contributed by atoms with van der Waals surface area (Å²) >= 11 is 7.20. The molecular formula is C16H15ClFNO3S. The molecule has 0 radical (unpaired) electrons. The van der Waals surface area contributed by atoms with Crippen LogP contribution in [0.25, 0.3) is 10.1 Å². The topological polar surface area (TPSA) is 55.4 Å². The first kappa shape index (κ1) is 16.2. The van der Waals surface area contributed by atoms with Gasteiger partial charge in [0, 0.05) is 16.1 Å². The van der Waals surface area contributed by atoms with Crippen molar-refractivity contribution in [2.75, 3.05) is 6.61 Å². The Labute approximate surface area is 141 Å². The lowest BCUT2D eigenvalue weighted by molar-refractivity contribution is -0.124. The molecule has 23 heavy (non-hydrogen) atoms. The standard InChI is InChI=1S/C16H15ClFNO3S/c17-14-11-6-5-9(18)7-12(11)23-15(14)16(21)22-8-13(20)19-10-3-1-2-4-10/h5-7,10H,1-4,8H2,(H,19,20). The second-order valence-corrected chi connectivity index (χ2v) is 6.94. The molecule has 1 aromatic carbocycles. The number of hydrogen-bond donors (Lipinski definition) is 1. The Balaban J connectivity index is 1.63. The molecule has 1 amide bonds. The minimum Gasteiger partial charge on any atom is -0.451 e. The first-order valence-electron chi connectivity index (χ1n) is 7.38. The smallest absolute Gasteiger partial charge is 0.350 e. The van der Waals surface area contributed by atoms with Gasteiger partial charge in [0.15, 0.2) is 6.61 Å². The molecular weight excluding hydrogens is 341 g/mol. The fraction of sp³-hybridized carbons (Fsp3) is 0.375. The van der Waals surface area contributed by atoms with E-state index in [0.29, 0.717) is 10.1 Å². The number of fused-ring (bicyclic) bond motifs is 1. The van der Waals surface area contributed by atoms with E-state index in [-0.39, 0.29) is 28.5 Å². The van der Waals surface area contributed by atoms with E-state index in [2.05, 4.69) is 5.32 Å². The van der Waals surface area contributed by atoms with Crippen molar-refractivity contribution < 1.29 is 18.7 Å². The summed E-state index contributed by atoms with van der Waals surface area (Å²) in [5, 5.41) is 3.66. The van der Waals surface area contributed by atoms with Crippen LogP contribution in [0, 0.1) is 5.82 Å². The van der Waals surface area contributed by atoms with Gasteiger partial charge in [-0.2, -0.15) is 0 Å². The van der Waals surface area contributed by atoms with Crippen molar-refractivity contribution in [2.45, 2.75) is 31.7 Å². The van der Waals surface area contributed by atoms with E-state index in [1.165, 1.54) is 18.2 Å². The van der Waals surface area contributed by atoms with E-state index in [9.17, 15) is 14.0 Å². The summed E-state index contributed by atoms with van der Waals surface area (Å²) < 4.78 is 18.8. The van der Waals surface area contributed by atoms with Crippen molar-refractivity contribution in [3.05, 3.63) is 33.9 Å². The second-order valence-electron chi connectivity index (χ2n) is 5.51. The predicted molar refractivity (Wildman–Crippen MR) is 87.5 cm³/mol. The highest BCUT2D eigenvalue weighted by atomic mass is 35.5. The molecule has 0 bridgehead atoms. The molecule has 1 heterocycles. The maximum atomic E-state index is 13.2.